The molecule has 88 valence electrons. The third kappa shape index (κ3) is 2.44. The van der Waals surface area contributed by atoms with Crippen LogP contribution >= 0.6 is 0 Å². The van der Waals surface area contributed by atoms with E-state index < -0.39 is 6.10 Å². The first-order valence-electron chi connectivity index (χ1n) is 5.65. The molecule has 0 aromatic carbocycles. The van der Waals surface area contributed by atoms with Crippen LogP contribution in [0, 0.1) is 0 Å². The van der Waals surface area contributed by atoms with Crippen LogP contribution in [0.1, 0.15) is 26.2 Å². The van der Waals surface area contributed by atoms with Crippen molar-refractivity contribution in [1.82, 2.24) is 5.32 Å². The van der Waals surface area contributed by atoms with Crippen LogP contribution in [0.3, 0.4) is 0 Å². The number of carbonyl (C=O) groups is 1. The van der Waals surface area contributed by atoms with Crippen LogP contribution in [0.5, 0.6) is 0 Å². The second-order valence-corrected chi connectivity index (χ2v) is 4.25. The highest BCUT2D eigenvalue weighted by molar-refractivity contribution is 5.72. The molecule has 0 radical (unpaired) electrons. The molecule has 16 heavy (non-hydrogen) atoms. The number of nitrogens with one attached hydrogen (secondary N) is 1. The van der Waals surface area contributed by atoms with E-state index in [1.807, 2.05) is 6.08 Å². The molecule has 0 fully saturated rings. The van der Waals surface area contributed by atoms with Gasteiger partial charge in [0.1, 0.15) is 11.9 Å². The summed E-state index contributed by atoms with van der Waals surface area (Å²) in [5.74, 6) is 0.818. The molecule has 1 unspecified atom stereocenters. The average molecular weight is 223 g/mol. The van der Waals surface area contributed by atoms with Gasteiger partial charge in [-0.3, -0.25) is 4.79 Å². The Morgan fingerprint density at radius 2 is 2.50 bits per heavy atom. The molecular formula is C12H17NO3. The maximum atomic E-state index is 10.8. The first-order valence-corrected chi connectivity index (χ1v) is 5.65. The van der Waals surface area contributed by atoms with E-state index in [2.05, 4.69) is 11.4 Å². The topological polar surface area (TPSA) is 58.6 Å². The summed E-state index contributed by atoms with van der Waals surface area (Å²) < 4.78 is 5.76. The van der Waals surface area contributed by atoms with E-state index in [9.17, 15) is 9.90 Å². The molecule has 0 aromatic heterocycles. The Morgan fingerprint density at radius 1 is 1.69 bits per heavy atom. The molecule has 1 aliphatic carbocycles. The highest BCUT2D eigenvalue weighted by atomic mass is 16.5. The van der Waals surface area contributed by atoms with Crippen molar-refractivity contribution >= 4 is 5.91 Å². The number of aliphatic hydroxyl groups excluding tert-OH is 1. The Labute approximate surface area is 95.0 Å². The molecule has 0 spiro atoms. The summed E-state index contributed by atoms with van der Waals surface area (Å²) in [6, 6.07) is 0. The summed E-state index contributed by atoms with van der Waals surface area (Å²) in [6.07, 6.45) is 5.78. The quantitative estimate of drug-likeness (QED) is 0.730. The maximum absolute atomic E-state index is 10.8. The number of hydrogen-bond donors (Lipinski definition) is 2. The molecule has 4 nitrogen and oxygen atoms in total. The van der Waals surface area contributed by atoms with E-state index in [-0.39, 0.29) is 12.0 Å². The smallest absolute Gasteiger partial charge is 0.217 e. The van der Waals surface area contributed by atoms with Gasteiger partial charge in [-0.1, -0.05) is 12.2 Å². The van der Waals surface area contributed by atoms with Gasteiger partial charge in [-0.25, -0.2) is 0 Å². The van der Waals surface area contributed by atoms with E-state index in [0.717, 1.165) is 24.2 Å². The number of carbonyl (C=O) groups excluding carboxylic acids is 1. The summed E-state index contributed by atoms with van der Waals surface area (Å²) in [4.78, 5) is 10.8. The summed E-state index contributed by atoms with van der Waals surface area (Å²) in [6.45, 7) is 1.94. The Kier molecular flexibility index (Phi) is 3.29. The van der Waals surface area contributed by atoms with Crippen LogP contribution in [-0.2, 0) is 9.53 Å². The number of amides is 1. The van der Waals surface area contributed by atoms with Crippen molar-refractivity contribution in [1.29, 1.82) is 0 Å². The number of aliphatic hydroxyl groups is 1. The molecule has 2 N–H and O–H groups in total. The minimum absolute atomic E-state index is 0.0681. The van der Waals surface area contributed by atoms with Gasteiger partial charge >= 0.3 is 0 Å². The second-order valence-electron chi connectivity index (χ2n) is 4.25. The molecule has 0 saturated carbocycles. The van der Waals surface area contributed by atoms with Gasteiger partial charge in [0, 0.05) is 25.3 Å². The molecule has 0 bridgehead atoms. The third-order valence-electron chi connectivity index (χ3n) is 2.89. The van der Waals surface area contributed by atoms with Crippen molar-refractivity contribution in [3.05, 3.63) is 23.5 Å². The minimum atomic E-state index is -0.459. The third-order valence-corrected chi connectivity index (χ3v) is 2.89. The summed E-state index contributed by atoms with van der Waals surface area (Å²) >= 11 is 0. The second kappa shape index (κ2) is 4.70. The van der Waals surface area contributed by atoms with Gasteiger partial charge < -0.3 is 15.2 Å². The number of ether oxygens (including phenoxy) is 1. The molecule has 2 rings (SSSR count). The normalized spacial score (nSPS) is 28.4. The van der Waals surface area contributed by atoms with Gasteiger partial charge in [0.2, 0.25) is 5.91 Å². The van der Waals surface area contributed by atoms with E-state index in [4.69, 9.17) is 4.74 Å². The number of rotatable bonds is 2. The molecule has 1 aliphatic heterocycles. The monoisotopic (exact) mass is 223 g/mol. The predicted octanol–water partition coefficient (Wildman–Crippen LogP) is 0.876. The van der Waals surface area contributed by atoms with Gasteiger partial charge in [0.15, 0.2) is 0 Å². The SMILES string of the molecule is CC(=O)NCC1C[C@@H](O)C2=C(CCC=C2)O1. The fraction of sp³-hybridized carbons (Fsp3) is 0.583. The van der Waals surface area contributed by atoms with Gasteiger partial charge in [-0.15, -0.1) is 0 Å². The molecule has 2 atom stereocenters. The van der Waals surface area contributed by atoms with Gasteiger partial charge in [0.25, 0.3) is 0 Å². The van der Waals surface area contributed by atoms with E-state index in [0.29, 0.717) is 13.0 Å². The van der Waals surface area contributed by atoms with Crippen LogP contribution in [0.15, 0.2) is 23.5 Å². The van der Waals surface area contributed by atoms with Gasteiger partial charge in [-0.05, 0) is 6.42 Å². The number of hydrogen-bond acceptors (Lipinski definition) is 3. The Morgan fingerprint density at radius 3 is 3.25 bits per heavy atom. The average Bonchev–Trinajstić information content (AvgIpc) is 2.26. The summed E-state index contributed by atoms with van der Waals surface area (Å²) in [5.41, 5.74) is 0.908. The van der Waals surface area contributed by atoms with E-state index in [1.54, 1.807) is 0 Å². The van der Waals surface area contributed by atoms with Crippen LogP contribution in [0.2, 0.25) is 0 Å². The van der Waals surface area contributed by atoms with Crippen LogP contribution in [-0.4, -0.2) is 29.8 Å². The Hall–Kier alpha value is -1.29. The largest absolute Gasteiger partial charge is 0.492 e. The lowest BCUT2D eigenvalue weighted by Gasteiger charge is -2.32. The fourth-order valence-electron chi connectivity index (χ4n) is 2.09. The van der Waals surface area contributed by atoms with Crippen molar-refractivity contribution in [2.24, 2.45) is 0 Å². The van der Waals surface area contributed by atoms with Crippen molar-refractivity contribution in [2.75, 3.05) is 6.54 Å². The lowest BCUT2D eigenvalue weighted by Crippen LogP contribution is -2.38. The van der Waals surface area contributed by atoms with E-state index in [1.165, 1.54) is 6.92 Å². The molecule has 2 aliphatic rings. The first kappa shape index (κ1) is 11.2. The highest BCUT2D eigenvalue weighted by Crippen LogP contribution is 2.30. The van der Waals surface area contributed by atoms with Crippen LogP contribution < -0.4 is 5.32 Å². The molecule has 1 heterocycles. The standard InChI is InChI=1S/C12H17NO3/c1-8(14)13-7-9-6-11(15)10-4-2-3-5-12(10)16-9/h2,4,9,11,15H,3,5-7H2,1H3,(H,13,14)/t9?,11-/m1/s1. The zero-order valence-electron chi connectivity index (χ0n) is 9.40. The molecular weight excluding hydrogens is 206 g/mol. The molecule has 1 amide bonds. The first-order chi connectivity index (χ1) is 7.66. The zero-order valence-corrected chi connectivity index (χ0v) is 9.40. The minimum Gasteiger partial charge on any atom is -0.492 e. The van der Waals surface area contributed by atoms with Crippen molar-refractivity contribution in [3.8, 4) is 0 Å². The fourth-order valence-corrected chi connectivity index (χ4v) is 2.09. The highest BCUT2D eigenvalue weighted by Gasteiger charge is 2.28. The lowest BCUT2D eigenvalue weighted by molar-refractivity contribution is -0.119. The van der Waals surface area contributed by atoms with Crippen LogP contribution in [0.25, 0.3) is 0 Å². The zero-order chi connectivity index (χ0) is 11.5. The predicted molar refractivity (Wildman–Crippen MR) is 59.6 cm³/mol. The maximum Gasteiger partial charge on any atom is 0.217 e. The lowest BCUT2D eigenvalue weighted by atomic mass is 9.93. The summed E-state index contributed by atoms with van der Waals surface area (Å²) in [5, 5.41) is 12.7. The van der Waals surface area contributed by atoms with Crippen molar-refractivity contribution in [2.45, 2.75) is 38.4 Å². The van der Waals surface area contributed by atoms with E-state index >= 15 is 0 Å². The molecule has 0 aromatic rings. The van der Waals surface area contributed by atoms with Gasteiger partial charge in [0.05, 0.1) is 12.6 Å². The molecule has 0 saturated heterocycles. The Balaban J connectivity index is 2.00. The number of allylic oxidation sites excluding steroid dienone is 2. The van der Waals surface area contributed by atoms with Crippen molar-refractivity contribution < 1.29 is 14.6 Å². The van der Waals surface area contributed by atoms with Gasteiger partial charge in [-0.2, -0.15) is 0 Å². The van der Waals surface area contributed by atoms with Crippen LogP contribution in [0.4, 0.5) is 0 Å². The molecule has 4 heteroatoms. The van der Waals surface area contributed by atoms with Crippen molar-refractivity contribution in [3.63, 3.8) is 0 Å². The summed E-state index contributed by atoms with van der Waals surface area (Å²) in [7, 11) is 0. The Bertz CT molecular complexity index is 346.